The minimum Gasteiger partial charge on any atom is -0.448 e. The van der Waals surface area contributed by atoms with E-state index in [1.165, 1.54) is 90.0 Å². The van der Waals surface area contributed by atoms with E-state index in [2.05, 4.69) is 58.5 Å². The first kappa shape index (κ1) is 107. The number of carbonyl (C=O) groups excluding carboxylic acids is 16. The van der Waals surface area contributed by atoms with Gasteiger partial charge in [-0.05, 0) is 187 Å². The highest BCUT2D eigenvalue weighted by molar-refractivity contribution is 8.22. The van der Waals surface area contributed by atoms with Gasteiger partial charge in [-0.3, -0.25) is 67.1 Å². The Morgan fingerprint density at radius 2 is 0.676 bits per heavy atom. The molecule has 36 heteroatoms. The van der Waals surface area contributed by atoms with Gasteiger partial charge in [0.1, 0.15) is 90.8 Å². The summed E-state index contributed by atoms with van der Waals surface area (Å²) in [6.45, 7) is 16.5. The molecule has 0 spiro atoms. The molecule has 4 aliphatic carbocycles. The number of hydrogen-bond donors (Lipinski definition) is 12. The quantitative estimate of drug-likeness (QED) is 0.0160. The van der Waals surface area contributed by atoms with E-state index in [4.69, 9.17) is 38.8 Å². The Bertz CT molecular complexity index is 5690. The lowest BCUT2D eigenvalue weighted by Gasteiger charge is -2.44. The molecule has 7 aromatic rings. The van der Waals surface area contributed by atoms with Crippen LogP contribution in [0.3, 0.4) is 0 Å². The fourth-order valence-electron chi connectivity index (χ4n) is 18.4. The van der Waals surface area contributed by atoms with Crippen molar-refractivity contribution in [3.63, 3.8) is 0 Å². The molecular formula is C103H128N14O18P2S2. The minimum absolute atomic E-state index is 0.0932. The first-order valence-corrected chi connectivity index (χ1v) is 53.4. The van der Waals surface area contributed by atoms with Gasteiger partial charge in [-0.15, -0.1) is 0 Å². The third kappa shape index (κ3) is 26.3. The van der Waals surface area contributed by atoms with Gasteiger partial charge in [-0.1, -0.05) is 250 Å². The summed E-state index contributed by atoms with van der Waals surface area (Å²) in [6, 6.07) is 32.6. The lowest BCUT2D eigenvalue weighted by molar-refractivity contribution is -0.142. The Hall–Kier alpha value is -12.6. The Morgan fingerprint density at radius 1 is 0.367 bits per heavy atom. The summed E-state index contributed by atoms with van der Waals surface area (Å²) in [4.78, 5) is 237. The first-order chi connectivity index (χ1) is 65.9. The van der Waals surface area contributed by atoms with Crippen LogP contribution in [0.1, 0.15) is 194 Å². The molecule has 740 valence electrons. The number of primary amides is 1. The van der Waals surface area contributed by atoms with Gasteiger partial charge in [0.05, 0.1) is 0 Å². The van der Waals surface area contributed by atoms with E-state index in [0.717, 1.165) is 83.0 Å². The number of carbonyl (C=O) groups is 16. The summed E-state index contributed by atoms with van der Waals surface area (Å²) in [5.74, 6) is -14.1. The highest BCUT2D eigenvalue weighted by atomic mass is 32.4. The molecular weight excluding hydrogens is 1850 g/mol. The first-order valence-electron chi connectivity index (χ1n) is 47.3. The van der Waals surface area contributed by atoms with Gasteiger partial charge in [0.25, 0.3) is 11.8 Å². The lowest BCUT2D eigenvalue weighted by Crippen LogP contribution is -2.64. The van der Waals surface area contributed by atoms with Crippen LogP contribution in [0.5, 0.6) is 0 Å². The Balaban J connectivity index is 0.938. The van der Waals surface area contributed by atoms with E-state index >= 15 is 38.4 Å². The van der Waals surface area contributed by atoms with E-state index < -0.39 is 209 Å². The number of nitrogens with two attached hydrogens (primary N) is 1. The van der Waals surface area contributed by atoms with Gasteiger partial charge >= 0.3 is 12.2 Å². The minimum atomic E-state index is -3.53. The summed E-state index contributed by atoms with van der Waals surface area (Å²) in [5, 5.41) is 29.9. The molecule has 11 atom stereocenters. The molecule has 2 fully saturated rings. The number of benzene rings is 7. The van der Waals surface area contributed by atoms with Crippen molar-refractivity contribution in [2.45, 2.75) is 261 Å². The summed E-state index contributed by atoms with van der Waals surface area (Å²) in [7, 11) is 0. The molecule has 0 aromatic heterocycles. The van der Waals surface area contributed by atoms with Gasteiger partial charge in [-0.2, -0.15) is 0 Å². The van der Waals surface area contributed by atoms with Crippen LogP contribution in [0.15, 0.2) is 188 Å². The predicted molar refractivity (Wildman–Crippen MR) is 538 cm³/mol. The molecule has 16 amide bonds. The molecule has 0 saturated heterocycles. The van der Waals surface area contributed by atoms with Crippen LogP contribution in [0.25, 0.3) is 22.3 Å². The number of nitrogens with zero attached hydrogens (tertiary/aromatic N) is 2. The maximum atomic E-state index is 16.6. The van der Waals surface area contributed by atoms with Crippen LogP contribution in [-0.2, 0) is 107 Å². The second-order valence-electron chi connectivity index (χ2n) is 37.6. The SMILES string of the molecule is CC(=O)N[C@@H](C)C(=O)N[C@@H](C)C(=O)NC(C)(C)C(=O)N[C@@H](C)C(=O)N(C(=O)OCC1c2ccccc2-c2ccccc21)[C@H](CP(=S)(c1ccccc1)c1ccccc1)C(=O)N[C@@H](Cc1ccccc1)C(=O)N[C@@H](C)C(=O)N[C@@H](C)C(=O)N(C(=O)OCC1c2ccccc2-c2ccccc21)[C@@H](CP(=S)(C1CCCCC1)C1CCCCC1)C(=O)N[C@@H](C)C(=O)N[C@@H](C)C(=O)NC(C)(C)C(=O)N[C@@H](C)C(N)=O. The lowest BCUT2D eigenvalue weighted by atomic mass is 9.98. The molecule has 13 N–H and O–H groups in total. The molecule has 2 saturated carbocycles. The molecule has 32 nitrogen and oxygen atoms in total. The molecule has 7 aromatic carbocycles. The van der Waals surface area contributed by atoms with E-state index in [1.807, 2.05) is 97.1 Å². The van der Waals surface area contributed by atoms with Crippen LogP contribution in [0.4, 0.5) is 9.59 Å². The van der Waals surface area contributed by atoms with Crippen molar-refractivity contribution in [2.24, 2.45) is 5.73 Å². The highest BCUT2D eigenvalue weighted by Gasteiger charge is 2.50. The van der Waals surface area contributed by atoms with Crippen molar-refractivity contribution in [3.8, 4) is 22.3 Å². The zero-order valence-electron chi connectivity index (χ0n) is 80.7. The third-order valence-corrected chi connectivity index (χ3v) is 37.8. The van der Waals surface area contributed by atoms with Gasteiger partial charge < -0.3 is 73.7 Å². The fourth-order valence-corrected chi connectivity index (χ4v) is 28.6. The zero-order valence-corrected chi connectivity index (χ0v) is 84.1. The van der Waals surface area contributed by atoms with Crippen molar-refractivity contribution < 1.29 is 86.2 Å². The number of nitrogens with one attached hydrogen (secondary N) is 11. The van der Waals surface area contributed by atoms with Crippen molar-refractivity contribution in [3.05, 3.63) is 216 Å². The Morgan fingerprint density at radius 3 is 1.06 bits per heavy atom. The topological polar surface area (TPSA) is 456 Å². The van der Waals surface area contributed by atoms with Gasteiger partial charge in [0.2, 0.25) is 70.9 Å². The van der Waals surface area contributed by atoms with E-state index in [0.29, 0.717) is 51.7 Å². The van der Waals surface area contributed by atoms with Crippen LogP contribution in [0, 0.1) is 0 Å². The molecule has 139 heavy (non-hydrogen) atoms. The third-order valence-electron chi connectivity index (χ3n) is 26.4. The highest BCUT2D eigenvalue weighted by Crippen LogP contribution is 2.64. The van der Waals surface area contributed by atoms with E-state index in [9.17, 15) is 38.4 Å². The zero-order chi connectivity index (χ0) is 101. The monoisotopic (exact) mass is 1970 g/mol. The molecule has 0 aliphatic heterocycles. The van der Waals surface area contributed by atoms with Crippen LogP contribution in [-0.4, -0.2) is 219 Å². The van der Waals surface area contributed by atoms with Crippen LogP contribution < -0.4 is 74.8 Å². The van der Waals surface area contributed by atoms with Crippen molar-refractivity contribution in [1.29, 1.82) is 0 Å². The van der Waals surface area contributed by atoms with Crippen molar-refractivity contribution >= 4 is 141 Å². The van der Waals surface area contributed by atoms with E-state index in [1.54, 1.807) is 91.0 Å². The number of hydrogen-bond acceptors (Lipinski definition) is 20. The molecule has 0 heterocycles. The number of fused-ring (bicyclic) bond motifs is 6. The molecule has 4 aliphatic rings. The van der Waals surface area contributed by atoms with Crippen LogP contribution in [0.2, 0.25) is 0 Å². The summed E-state index contributed by atoms with van der Waals surface area (Å²) < 4.78 is 12.8. The second-order valence-corrected chi connectivity index (χ2v) is 47.9. The Labute approximate surface area is 821 Å². The molecule has 11 rings (SSSR count). The van der Waals surface area contributed by atoms with Gasteiger partial charge in [-0.25, -0.2) is 19.4 Å². The smallest absolute Gasteiger partial charge is 0.417 e. The van der Waals surface area contributed by atoms with Crippen molar-refractivity contribution in [2.75, 3.05) is 25.5 Å². The van der Waals surface area contributed by atoms with Crippen molar-refractivity contribution in [1.82, 2.24) is 68.3 Å². The van der Waals surface area contributed by atoms with Crippen LogP contribution >= 0.6 is 12.1 Å². The Kier molecular flexibility index (Phi) is 36.4. The maximum absolute atomic E-state index is 16.6. The maximum Gasteiger partial charge on any atom is 0.417 e. The molecule has 0 radical (unpaired) electrons. The number of imide groups is 2. The second kappa shape index (κ2) is 47.3. The summed E-state index contributed by atoms with van der Waals surface area (Å²) in [5.41, 5.74) is 8.82. The van der Waals surface area contributed by atoms with E-state index in [-0.39, 0.29) is 30.5 Å². The van der Waals surface area contributed by atoms with Gasteiger partial charge in [0.15, 0.2) is 0 Å². The summed E-state index contributed by atoms with van der Waals surface area (Å²) >= 11 is 14.0. The van der Waals surface area contributed by atoms with Gasteiger partial charge in [0, 0.05) is 43.5 Å². The normalized spacial score (nSPS) is 16.2. The number of ether oxygens (including phenoxy) is 2. The average molecular weight is 1980 g/mol. The molecule has 0 bridgehead atoms. The average Bonchev–Trinajstić information content (AvgIpc) is 1.34. The fraction of sp³-hybridized carbons (Fsp3) is 0.437. The molecule has 0 unspecified atom stereocenters. The number of amides is 16. The predicted octanol–water partition coefficient (Wildman–Crippen LogP) is 8.61. The summed E-state index contributed by atoms with van der Waals surface area (Å²) in [6.07, 6.45) is 4.34. The largest absolute Gasteiger partial charge is 0.448 e. The standard InChI is InChI=1S/C103H128N14O18P2S2/c1-60(87(104)119)111-98(130)102(10,11)114-92(124)65(6)107-89(121)63(4)109-94(126)85(58-136(138,70-39-21-15-22-40-70)71-41-23-16-24-42-71)116(100(132)134-56-82-78-51-33-29-47-74(78)75-48-30-34-52-79(75)82)96(128)66(7)110-90(122)62(3)108-93(125)84(55-69-37-19-14-20-38-69)113-95(127)86(59-137(139,72-43-25-17-26-44-72)73-45-27-18-28-46-73)117(101(133)135-57-83-80-53-35-31-49-76(80)77-50-32-36-54-81(77)83)97(129)67(8)112-99(131)103(12,13)115-91(123)64(5)106-88(120)61(2)105-68(9)118/h14,17-20,25-38,43-54,60-67,70-71,82-86H,15-16,21-24,39-42,55-59H2,1-13H3,(H2,104,119)(H,105,118)(H,106,120)(H,107,121)(H,108,125)(H,109,126)(H,110,122)(H,111,130)(H,112,131)(H,113,127)(H,114,124)(H,115,123)/t60-,61-,62-,63-,64-,65-,66-,67-,84-,85-,86+/m0/s1. The number of rotatable bonds is 40.